The van der Waals surface area contributed by atoms with Crippen LogP contribution in [-0.4, -0.2) is 22.1 Å². The minimum Gasteiger partial charge on any atom is -0.284 e. The summed E-state index contributed by atoms with van der Waals surface area (Å²) in [4.78, 5) is 7.60. The van der Waals surface area contributed by atoms with Crippen molar-refractivity contribution in [2.45, 2.75) is 100.0 Å². The Bertz CT molecular complexity index is 1410. The van der Waals surface area contributed by atoms with E-state index in [0.717, 1.165) is 52.2 Å². The normalized spacial score (nSPS) is 20.5. The van der Waals surface area contributed by atoms with Crippen LogP contribution in [0.25, 0.3) is 0 Å². The van der Waals surface area contributed by atoms with E-state index in [-0.39, 0.29) is 22.8 Å². The van der Waals surface area contributed by atoms with Gasteiger partial charge in [0.1, 0.15) is 11.7 Å². The SMILES string of the molecule is C=C/C=C\C(=C(C(C)C)N(C(=N)c1ccccc1C)C1=N[C@@]2(CC)CC2(C)c2c(C#N)cccc21)C(C)C.CC.CC. The highest BCUT2D eigenvalue weighted by Gasteiger charge is 2.68. The van der Waals surface area contributed by atoms with Crippen molar-refractivity contribution in [2.24, 2.45) is 16.8 Å². The van der Waals surface area contributed by atoms with E-state index in [0.29, 0.717) is 11.4 Å². The number of hydrogen-bond acceptors (Lipinski definition) is 3. The molecule has 0 bridgehead atoms. The van der Waals surface area contributed by atoms with Crippen LogP contribution in [0.4, 0.5) is 0 Å². The fraction of sp³-hybridized carbons (Fsp3) is 0.447. The lowest BCUT2D eigenvalue weighted by Gasteiger charge is -2.38. The minimum absolute atomic E-state index is 0.113. The van der Waals surface area contributed by atoms with E-state index in [2.05, 4.69) is 84.2 Å². The summed E-state index contributed by atoms with van der Waals surface area (Å²) in [6.45, 7) is 27.1. The molecule has 4 nitrogen and oxygen atoms in total. The number of aliphatic imine (C=N–C) groups is 1. The molecule has 1 saturated carbocycles. The number of nitrogens with zero attached hydrogens (tertiary/aromatic N) is 3. The molecule has 0 amide bonds. The molecule has 0 spiro atoms. The van der Waals surface area contributed by atoms with Crippen LogP contribution in [-0.2, 0) is 5.41 Å². The molecule has 2 aromatic carbocycles. The van der Waals surface area contributed by atoms with Gasteiger partial charge in [-0.15, -0.1) is 0 Å². The summed E-state index contributed by atoms with van der Waals surface area (Å²) in [5.41, 5.74) is 6.41. The number of hydrogen-bond donors (Lipinski definition) is 1. The number of allylic oxidation sites excluding steroid dienone is 5. The van der Waals surface area contributed by atoms with Gasteiger partial charge in [-0.1, -0.05) is 130 Å². The van der Waals surface area contributed by atoms with Crippen molar-refractivity contribution >= 4 is 11.7 Å². The summed E-state index contributed by atoms with van der Waals surface area (Å²) in [7, 11) is 0. The molecule has 42 heavy (non-hydrogen) atoms. The molecule has 1 fully saturated rings. The van der Waals surface area contributed by atoms with E-state index in [1.165, 1.54) is 0 Å². The molecule has 1 heterocycles. The molecule has 1 aliphatic carbocycles. The van der Waals surface area contributed by atoms with Crippen LogP contribution < -0.4 is 0 Å². The van der Waals surface area contributed by atoms with Gasteiger partial charge in [-0.2, -0.15) is 5.26 Å². The summed E-state index contributed by atoms with van der Waals surface area (Å²) in [5.74, 6) is 1.51. The van der Waals surface area contributed by atoms with Crippen LogP contribution in [0.1, 0.15) is 110 Å². The number of nitriles is 1. The molecule has 0 saturated heterocycles. The first-order valence-electron chi connectivity index (χ1n) is 15.7. The van der Waals surface area contributed by atoms with Gasteiger partial charge < -0.3 is 0 Å². The Balaban J connectivity index is 0.00000148. The number of fused-ring (bicyclic) bond motifs is 3. The Kier molecular flexibility index (Phi) is 11.9. The first-order valence-corrected chi connectivity index (χ1v) is 15.7. The summed E-state index contributed by atoms with van der Waals surface area (Å²) in [5, 5.41) is 19.8. The van der Waals surface area contributed by atoms with E-state index in [1.54, 1.807) is 6.08 Å². The number of nitrogens with one attached hydrogen (secondary N) is 1. The lowest BCUT2D eigenvalue weighted by molar-refractivity contribution is 0.513. The van der Waals surface area contributed by atoms with E-state index in [9.17, 15) is 10.7 Å². The molecule has 224 valence electrons. The molecule has 2 atom stereocenters. The molecule has 1 aliphatic heterocycles. The van der Waals surface area contributed by atoms with Gasteiger partial charge in [0.05, 0.1) is 17.2 Å². The second-order valence-electron chi connectivity index (χ2n) is 11.4. The molecular weight excluding hydrogens is 512 g/mol. The number of aryl methyl sites for hydroxylation is 1. The molecule has 4 rings (SSSR count). The molecule has 4 heteroatoms. The van der Waals surface area contributed by atoms with E-state index < -0.39 is 0 Å². The molecule has 1 unspecified atom stereocenters. The van der Waals surface area contributed by atoms with Gasteiger partial charge in [0, 0.05) is 22.2 Å². The third-order valence-corrected chi connectivity index (χ3v) is 8.38. The Morgan fingerprint density at radius 1 is 1.07 bits per heavy atom. The van der Waals surface area contributed by atoms with Crippen molar-refractivity contribution in [2.75, 3.05) is 0 Å². The maximum atomic E-state index is 10.1. The maximum Gasteiger partial charge on any atom is 0.141 e. The third-order valence-electron chi connectivity index (χ3n) is 8.38. The van der Waals surface area contributed by atoms with E-state index in [4.69, 9.17) is 4.99 Å². The Labute approximate surface area is 256 Å². The molecular formula is C38H52N4. The molecule has 0 aromatic heterocycles. The minimum atomic E-state index is -0.274. The van der Waals surface area contributed by atoms with Crippen LogP contribution in [0.5, 0.6) is 0 Å². The Hall–Kier alpha value is -3.71. The molecule has 1 N–H and O–H groups in total. The van der Waals surface area contributed by atoms with Crippen molar-refractivity contribution < 1.29 is 0 Å². The van der Waals surface area contributed by atoms with Crippen LogP contribution in [0, 0.1) is 35.5 Å². The molecule has 0 radical (unpaired) electrons. The van der Waals surface area contributed by atoms with Crippen molar-refractivity contribution in [1.29, 1.82) is 10.7 Å². The van der Waals surface area contributed by atoms with Crippen molar-refractivity contribution in [3.8, 4) is 6.07 Å². The van der Waals surface area contributed by atoms with Crippen molar-refractivity contribution in [3.63, 3.8) is 0 Å². The topological polar surface area (TPSA) is 63.2 Å². The van der Waals surface area contributed by atoms with E-state index in [1.807, 2.05) is 64.1 Å². The smallest absolute Gasteiger partial charge is 0.141 e. The molecule has 2 aliphatic rings. The second-order valence-corrected chi connectivity index (χ2v) is 11.4. The molecule has 2 aromatic rings. The van der Waals surface area contributed by atoms with Gasteiger partial charge in [0.25, 0.3) is 0 Å². The largest absolute Gasteiger partial charge is 0.284 e. The monoisotopic (exact) mass is 564 g/mol. The fourth-order valence-electron chi connectivity index (χ4n) is 6.24. The number of amidine groups is 2. The highest BCUT2D eigenvalue weighted by atomic mass is 15.3. The Morgan fingerprint density at radius 3 is 2.24 bits per heavy atom. The highest BCUT2D eigenvalue weighted by Crippen LogP contribution is 2.65. The first-order chi connectivity index (χ1) is 20.1. The van der Waals surface area contributed by atoms with E-state index >= 15 is 0 Å². The zero-order valence-corrected chi connectivity index (χ0v) is 27.9. The number of benzene rings is 2. The average molecular weight is 565 g/mol. The summed E-state index contributed by atoms with van der Waals surface area (Å²) in [6.07, 6.45) is 7.68. The average Bonchev–Trinajstić information content (AvgIpc) is 3.63. The van der Waals surface area contributed by atoms with Crippen LogP contribution in [0.3, 0.4) is 0 Å². The predicted molar refractivity (Wildman–Crippen MR) is 181 cm³/mol. The van der Waals surface area contributed by atoms with Crippen molar-refractivity contribution in [1.82, 2.24) is 4.90 Å². The Morgan fingerprint density at radius 2 is 1.71 bits per heavy atom. The maximum absolute atomic E-state index is 10.1. The lowest BCUT2D eigenvalue weighted by Crippen LogP contribution is -2.44. The highest BCUT2D eigenvalue weighted by molar-refractivity contribution is 6.17. The lowest BCUT2D eigenvalue weighted by atomic mass is 9.81. The fourth-order valence-corrected chi connectivity index (χ4v) is 6.24. The first kappa shape index (κ1) is 34.5. The summed E-state index contributed by atoms with van der Waals surface area (Å²) >= 11 is 0. The van der Waals surface area contributed by atoms with Gasteiger partial charge in [0.15, 0.2) is 0 Å². The third kappa shape index (κ3) is 6.07. The predicted octanol–water partition coefficient (Wildman–Crippen LogP) is 10.1. The summed E-state index contributed by atoms with van der Waals surface area (Å²) < 4.78 is 0. The standard InChI is InChI=1S/C34H40N4.2C2H6/c1-9-11-17-26(22(3)4)30(23(5)6)38(31(36)27-18-13-12-15-24(27)7)32-28-19-14-16-25(20-35)29(28)33(8)21-34(33,10-2)37-32;2*1-2/h9,11-19,22-23,36H,1,10,21H2,2-8H3;2*1-2H3/b17-11-,30-26?,36-31?;;/t33?,34-;;/m0../s1. The summed E-state index contributed by atoms with van der Waals surface area (Å²) in [6, 6.07) is 16.5. The van der Waals surface area contributed by atoms with Gasteiger partial charge in [-0.3, -0.25) is 15.3 Å². The van der Waals surface area contributed by atoms with Crippen LogP contribution >= 0.6 is 0 Å². The van der Waals surface area contributed by atoms with Gasteiger partial charge >= 0.3 is 0 Å². The van der Waals surface area contributed by atoms with Gasteiger partial charge in [-0.25, -0.2) is 0 Å². The zero-order valence-electron chi connectivity index (χ0n) is 27.9. The van der Waals surface area contributed by atoms with Gasteiger partial charge in [-0.05, 0) is 54.4 Å². The van der Waals surface area contributed by atoms with Crippen LogP contribution in [0.2, 0.25) is 0 Å². The second kappa shape index (κ2) is 14.5. The van der Waals surface area contributed by atoms with Crippen LogP contribution in [0.15, 0.2) is 83.5 Å². The van der Waals surface area contributed by atoms with Gasteiger partial charge in [0.2, 0.25) is 0 Å². The number of rotatable bonds is 7. The van der Waals surface area contributed by atoms with Crippen molar-refractivity contribution in [3.05, 3.63) is 106 Å². The quantitative estimate of drug-likeness (QED) is 0.207. The zero-order chi connectivity index (χ0) is 31.8.